The van der Waals surface area contributed by atoms with Crippen LogP contribution in [0.5, 0.6) is 0 Å². The van der Waals surface area contributed by atoms with Crippen molar-refractivity contribution in [1.82, 2.24) is 10.2 Å². The van der Waals surface area contributed by atoms with Crippen LogP contribution >= 0.6 is 0 Å². The van der Waals surface area contributed by atoms with Crippen LogP contribution in [-0.2, 0) is 9.59 Å². The second kappa shape index (κ2) is 5.23. The van der Waals surface area contributed by atoms with Gasteiger partial charge < -0.3 is 5.32 Å². The Morgan fingerprint density at radius 2 is 1.68 bits per heavy atom. The summed E-state index contributed by atoms with van der Waals surface area (Å²) in [7, 11) is 0. The van der Waals surface area contributed by atoms with E-state index in [-0.39, 0.29) is 29.2 Å². The Morgan fingerprint density at radius 1 is 1.16 bits per heavy atom. The molecule has 0 spiro atoms. The van der Waals surface area contributed by atoms with Crippen LogP contribution in [0.15, 0.2) is 0 Å². The van der Waals surface area contributed by atoms with Crippen LogP contribution in [0.25, 0.3) is 0 Å². The first-order valence-corrected chi connectivity index (χ1v) is 7.43. The van der Waals surface area contributed by atoms with Crippen molar-refractivity contribution in [2.45, 2.75) is 52.5 Å². The number of likely N-dealkylation sites (tertiary alicyclic amines) is 1. The highest BCUT2D eigenvalue weighted by molar-refractivity contribution is 6.05. The number of rotatable bonds is 4. The Balaban J connectivity index is 1.91. The summed E-state index contributed by atoms with van der Waals surface area (Å²) in [4.78, 5) is 26.1. The molecule has 0 aromatic carbocycles. The van der Waals surface area contributed by atoms with Crippen LogP contribution in [0.1, 0.15) is 47.0 Å². The van der Waals surface area contributed by atoms with Crippen molar-refractivity contribution in [3.05, 3.63) is 0 Å². The first kappa shape index (κ1) is 14.5. The summed E-state index contributed by atoms with van der Waals surface area (Å²) in [6, 6.07) is 0. The fourth-order valence-electron chi connectivity index (χ4n) is 3.29. The zero-order valence-electron chi connectivity index (χ0n) is 12.5. The SMILES string of the molecule is CCC1CC2C(=O)N(CCNC(C)(C)C)C(=O)C2C1. The summed E-state index contributed by atoms with van der Waals surface area (Å²) in [6.07, 6.45) is 2.91. The van der Waals surface area contributed by atoms with Gasteiger partial charge >= 0.3 is 0 Å². The van der Waals surface area contributed by atoms with Gasteiger partial charge in [0.1, 0.15) is 0 Å². The summed E-state index contributed by atoms with van der Waals surface area (Å²) < 4.78 is 0. The first-order chi connectivity index (χ1) is 8.83. The molecule has 1 saturated carbocycles. The van der Waals surface area contributed by atoms with E-state index >= 15 is 0 Å². The predicted molar refractivity (Wildman–Crippen MR) is 74.5 cm³/mol. The number of carbonyl (C=O) groups is 2. The van der Waals surface area contributed by atoms with Crippen LogP contribution in [0.4, 0.5) is 0 Å². The van der Waals surface area contributed by atoms with E-state index in [0.29, 0.717) is 19.0 Å². The molecule has 0 radical (unpaired) electrons. The standard InChI is InChI=1S/C15H26N2O2/c1-5-10-8-11-12(9-10)14(19)17(13(11)18)7-6-16-15(2,3)4/h10-12,16H,5-9H2,1-4H3. The van der Waals surface area contributed by atoms with Gasteiger partial charge in [0.25, 0.3) is 0 Å². The topological polar surface area (TPSA) is 49.4 Å². The Hall–Kier alpha value is -0.900. The largest absolute Gasteiger partial charge is 0.310 e. The van der Waals surface area contributed by atoms with Crippen molar-refractivity contribution in [2.75, 3.05) is 13.1 Å². The van der Waals surface area contributed by atoms with E-state index in [4.69, 9.17) is 0 Å². The van der Waals surface area contributed by atoms with Gasteiger partial charge in [-0.3, -0.25) is 14.5 Å². The normalized spacial score (nSPS) is 31.2. The minimum atomic E-state index is -0.0212. The molecule has 2 rings (SSSR count). The van der Waals surface area contributed by atoms with Crippen molar-refractivity contribution in [2.24, 2.45) is 17.8 Å². The maximum atomic E-state index is 12.3. The number of amides is 2. The van der Waals surface area contributed by atoms with Crippen LogP contribution in [0, 0.1) is 17.8 Å². The molecule has 1 saturated heterocycles. The number of carbonyl (C=O) groups excluding carboxylic acids is 2. The summed E-state index contributed by atoms with van der Waals surface area (Å²) >= 11 is 0. The first-order valence-electron chi connectivity index (χ1n) is 7.43. The number of hydrogen-bond acceptors (Lipinski definition) is 3. The predicted octanol–water partition coefficient (Wildman–Crippen LogP) is 1.80. The molecule has 19 heavy (non-hydrogen) atoms. The Labute approximate surface area is 115 Å². The molecule has 2 fully saturated rings. The van der Waals surface area contributed by atoms with E-state index in [0.717, 1.165) is 19.3 Å². The van der Waals surface area contributed by atoms with Gasteiger partial charge in [-0.1, -0.05) is 13.3 Å². The van der Waals surface area contributed by atoms with Gasteiger partial charge in [-0.2, -0.15) is 0 Å². The molecule has 1 heterocycles. The van der Waals surface area contributed by atoms with Crippen molar-refractivity contribution in [3.8, 4) is 0 Å². The van der Waals surface area contributed by atoms with Gasteiger partial charge in [0.2, 0.25) is 11.8 Å². The van der Waals surface area contributed by atoms with Gasteiger partial charge in [-0.05, 0) is 39.5 Å². The van der Waals surface area contributed by atoms with E-state index in [1.165, 1.54) is 4.90 Å². The minimum absolute atomic E-state index is 0.0212. The van der Waals surface area contributed by atoms with E-state index in [9.17, 15) is 9.59 Å². The number of hydrogen-bond donors (Lipinski definition) is 1. The number of imide groups is 1. The van der Waals surface area contributed by atoms with E-state index in [1.54, 1.807) is 0 Å². The molecule has 2 aliphatic rings. The Morgan fingerprint density at radius 3 is 2.11 bits per heavy atom. The van der Waals surface area contributed by atoms with Gasteiger partial charge in [0, 0.05) is 18.6 Å². The molecule has 2 amide bonds. The maximum Gasteiger partial charge on any atom is 0.233 e. The lowest BCUT2D eigenvalue weighted by Crippen LogP contribution is -2.43. The molecule has 1 aliphatic heterocycles. The van der Waals surface area contributed by atoms with E-state index in [2.05, 4.69) is 33.0 Å². The van der Waals surface area contributed by atoms with Crippen molar-refractivity contribution < 1.29 is 9.59 Å². The summed E-state index contributed by atoms with van der Waals surface area (Å²) in [5.74, 6) is 0.667. The monoisotopic (exact) mass is 266 g/mol. The molecule has 0 bridgehead atoms. The second-order valence-electron chi connectivity index (χ2n) is 6.96. The van der Waals surface area contributed by atoms with Crippen molar-refractivity contribution >= 4 is 11.8 Å². The van der Waals surface area contributed by atoms with Crippen LogP contribution in [0.2, 0.25) is 0 Å². The molecule has 0 aromatic rings. The zero-order chi connectivity index (χ0) is 14.2. The smallest absolute Gasteiger partial charge is 0.233 e. The molecule has 4 nitrogen and oxygen atoms in total. The molecule has 1 N–H and O–H groups in total. The minimum Gasteiger partial charge on any atom is -0.310 e. The third-order valence-electron chi connectivity index (χ3n) is 4.39. The highest BCUT2D eigenvalue weighted by atomic mass is 16.2. The van der Waals surface area contributed by atoms with Crippen molar-refractivity contribution in [1.29, 1.82) is 0 Å². The number of nitrogens with zero attached hydrogens (tertiary/aromatic N) is 1. The quantitative estimate of drug-likeness (QED) is 0.789. The highest BCUT2D eigenvalue weighted by Crippen LogP contribution is 2.44. The lowest BCUT2D eigenvalue weighted by molar-refractivity contribution is -0.140. The van der Waals surface area contributed by atoms with E-state index < -0.39 is 0 Å². The lowest BCUT2D eigenvalue weighted by atomic mass is 10.00. The summed E-state index contributed by atoms with van der Waals surface area (Å²) in [5, 5.41) is 3.33. The zero-order valence-corrected chi connectivity index (χ0v) is 12.5. The molecular weight excluding hydrogens is 240 g/mol. The van der Waals surface area contributed by atoms with Gasteiger partial charge in [0.05, 0.1) is 11.8 Å². The van der Waals surface area contributed by atoms with Gasteiger partial charge in [-0.25, -0.2) is 0 Å². The number of nitrogens with one attached hydrogen (secondary N) is 1. The molecule has 0 aromatic heterocycles. The molecule has 2 unspecified atom stereocenters. The number of fused-ring (bicyclic) bond motifs is 1. The van der Waals surface area contributed by atoms with Crippen molar-refractivity contribution in [3.63, 3.8) is 0 Å². The highest BCUT2D eigenvalue weighted by Gasteiger charge is 2.51. The third kappa shape index (κ3) is 2.99. The van der Waals surface area contributed by atoms with Gasteiger partial charge in [-0.15, -0.1) is 0 Å². The van der Waals surface area contributed by atoms with Crippen LogP contribution < -0.4 is 5.32 Å². The van der Waals surface area contributed by atoms with Gasteiger partial charge in [0.15, 0.2) is 0 Å². The summed E-state index contributed by atoms with van der Waals surface area (Å²) in [6.45, 7) is 9.59. The third-order valence-corrected chi connectivity index (χ3v) is 4.39. The molecule has 4 heteroatoms. The second-order valence-corrected chi connectivity index (χ2v) is 6.96. The Kier molecular flexibility index (Phi) is 4.00. The lowest BCUT2D eigenvalue weighted by Gasteiger charge is -2.23. The molecule has 2 atom stereocenters. The molecule has 1 aliphatic carbocycles. The Bertz CT molecular complexity index is 349. The molecule has 108 valence electrons. The maximum absolute atomic E-state index is 12.3. The van der Waals surface area contributed by atoms with E-state index in [1.807, 2.05) is 0 Å². The molecular formula is C15H26N2O2. The summed E-state index contributed by atoms with van der Waals surface area (Å²) in [5.41, 5.74) is 0.0228. The average Bonchev–Trinajstić information content (AvgIpc) is 2.83. The van der Waals surface area contributed by atoms with Crippen LogP contribution in [-0.4, -0.2) is 35.3 Å². The fraction of sp³-hybridized carbons (Fsp3) is 0.867. The van der Waals surface area contributed by atoms with Crippen LogP contribution in [0.3, 0.4) is 0 Å². The average molecular weight is 266 g/mol. The fourth-order valence-corrected chi connectivity index (χ4v) is 3.29.